The molecule has 98 valence electrons. The Morgan fingerprint density at radius 3 is 2.63 bits per heavy atom. The molecule has 0 spiro atoms. The minimum atomic E-state index is -0.380. The number of nitrogens with zero attached hydrogens (tertiary/aromatic N) is 1. The Hall–Kier alpha value is -1.88. The highest BCUT2D eigenvalue weighted by molar-refractivity contribution is 9.10. The normalized spacial score (nSPS) is 11.9. The second kappa shape index (κ2) is 5.84. The second-order valence-corrected chi connectivity index (χ2v) is 5.05. The van der Waals surface area contributed by atoms with Crippen LogP contribution in [0.3, 0.4) is 0 Å². The summed E-state index contributed by atoms with van der Waals surface area (Å²) in [5, 5.41) is 14.1. The Bertz CT molecular complexity index is 602. The first-order valence-corrected chi connectivity index (χ1v) is 6.62. The van der Waals surface area contributed by atoms with E-state index in [-0.39, 0.29) is 16.7 Å². The van der Waals surface area contributed by atoms with Crippen molar-refractivity contribution >= 4 is 27.3 Å². The number of halogens is 1. The Morgan fingerprint density at radius 1 is 1.21 bits per heavy atom. The number of nitro groups is 1. The molecule has 0 heterocycles. The van der Waals surface area contributed by atoms with Gasteiger partial charge >= 0.3 is 0 Å². The van der Waals surface area contributed by atoms with Crippen molar-refractivity contribution in [3.05, 3.63) is 68.7 Å². The molecule has 19 heavy (non-hydrogen) atoms. The Morgan fingerprint density at radius 2 is 1.95 bits per heavy atom. The van der Waals surface area contributed by atoms with Gasteiger partial charge in [0.05, 0.1) is 4.92 Å². The van der Waals surface area contributed by atoms with Crippen LogP contribution in [0.5, 0.6) is 0 Å². The average molecular weight is 321 g/mol. The summed E-state index contributed by atoms with van der Waals surface area (Å²) in [7, 11) is 0. The van der Waals surface area contributed by atoms with Gasteiger partial charge in [0.25, 0.3) is 5.69 Å². The standard InChI is InChI=1S/C14H13BrN2O2/c1-10(16-14-8-3-2-7-13(14)15)11-5-4-6-12(9-11)17(18)19/h2-10,16H,1H3. The van der Waals surface area contributed by atoms with Crippen LogP contribution in [-0.2, 0) is 0 Å². The number of benzene rings is 2. The summed E-state index contributed by atoms with van der Waals surface area (Å²) in [5.41, 5.74) is 1.95. The van der Waals surface area contributed by atoms with Gasteiger partial charge in [-0.25, -0.2) is 0 Å². The third kappa shape index (κ3) is 3.32. The van der Waals surface area contributed by atoms with E-state index < -0.39 is 0 Å². The van der Waals surface area contributed by atoms with Crippen molar-refractivity contribution in [3.8, 4) is 0 Å². The van der Waals surface area contributed by atoms with Gasteiger partial charge in [0.1, 0.15) is 0 Å². The summed E-state index contributed by atoms with van der Waals surface area (Å²) >= 11 is 3.46. The highest BCUT2D eigenvalue weighted by Crippen LogP contribution is 2.27. The van der Waals surface area contributed by atoms with E-state index in [1.165, 1.54) is 6.07 Å². The van der Waals surface area contributed by atoms with Crippen molar-refractivity contribution in [1.29, 1.82) is 0 Å². The average Bonchev–Trinajstić information content (AvgIpc) is 2.41. The number of nitro benzene ring substituents is 1. The predicted molar refractivity (Wildman–Crippen MR) is 79.3 cm³/mol. The van der Waals surface area contributed by atoms with Gasteiger partial charge in [-0.3, -0.25) is 10.1 Å². The van der Waals surface area contributed by atoms with Crippen molar-refractivity contribution in [1.82, 2.24) is 0 Å². The third-order valence-electron chi connectivity index (χ3n) is 2.83. The van der Waals surface area contributed by atoms with Crippen LogP contribution < -0.4 is 5.32 Å². The highest BCUT2D eigenvalue weighted by atomic mass is 79.9. The summed E-state index contributed by atoms with van der Waals surface area (Å²) in [4.78, 5) is 10.4. The van der Waals surface area contributed by atoms with Gasteiger partial charge in [-0.15, -0.1) is 0 Å². The molecular formula is C14H13BrN2O2. The molecule has 0 aliphatic heterocycles. The Balaban J connectivity index is 2.20. The summed E-state index contributed by atoms with van der Waals surface area (Å²) in [6.45, 7) is 1.97. The summed E-state index contributed by atoms with van der Waals surface area (Å²) in [6.07, 6.45) is 0. The molecule has 5 heteroatoms. The van der Waals surface area contributed by atoms with Gasteiger partial charge in [0.2, 0.25) is 0 Å². The fourth-order valence-electron chi connectivity index (χ4n) is 1.80. The largest absolute Gasteiger partial charge is 0.378 e. The van der Waals surface area contributed by atoms with Crippen LogP contribution in [-0.4, -0.2) is 4.92 Å². The Kier molecular flexibility index (Phi) is 4.16. The predicted octanol–water partition coefficient (Wildman–Crippen LogP) is 4.53. The maximum atomic E-state index is 10.8. The van der Waals surface area contributed by atoms with Crippen LogP contribution >= 0.6 is 15.9 Å². The molecule has 1 unspecified atom stereocenters. The zero-order valence-electron chi connectivity index (χ0n) is 10.3. The number of anilines is 1. The lowest BCUT2D eigenvalue weighted by atomic mass is 10.1. The smallest absolute Gasteiger partial charge is 0.269 e. The summed E-state index contributed by atoms with van der Waals surface area (Å²) in [5.74, 6) is 0. The van der Waals surface area contributed by atoms with Crippen LogP contribution in [0.4, 0.5) is 11.4 Å². The molecule has 0 aromatic heterocycles. The zero-order valence-corrected chi connectivity index (χ0v) is 11.9. The number of para-hydroxylation sites is 1. The maximum Gasteiger partial charge on any atom is 0.269 e. The molecule has 0 saturated carbocycles. The maximum absolute atomic E-state index is 10.8. The van der Waals surface area contributed by atoms with Gasteiger partial charge in [-0.05, 0) is 40.5 Å². The lowest BCUT2D eigenvalue weighted by molar-refractivity contribution is -0.384. The SMILES string of the molecule is CC(Nc1ccccc1Br)c1cccc([N+](=O)[O-])c1. The molecule has 2 aromatic carbocycles. The van der Waals surface area contributed by atoms with Gasteiger partial charge in [-0.1, -0.05) is 24.3 Å². The molecule has 4 nitrogen and oxygen atoms in total. The molecule has 0 amide bonds. The van der Waals surface area contributed by atoms with Crippen LogP contribution in [0.1, 0.15) is 18.5 Å². The van der Waals surface area contributed by atoms with Crippen molar-refractivity contribution in [3.63, 3.8) is 0 Å². The topological polar surface area (TPSA) is 55.2 Å². The minimum absolute atomic E-state index is 0.0152. The number of hydrogen-bond donors (Lipinski definition) is 1. The monoisotopic (exact) mass is 320 g/mol. The second-order valence-electron chi connectivity index (χ2n) is 4.20. The molecule has 0 aliphatic rings. The van der Waals surface area contributed by atoms with E-state index >= 15 is 0 Å². The molecular weight excluding hydrogens is 308 g/mol. The Labute approximate surface area is 119 Å². The number of rotatable bonds is 4. The molecule has 2 aromatic rings. The quantitative estimate of drug-likeness (QED) is 0.665. The minimum Gasteiger partial charge on any atom is -0.378 e. The lowest BCUT2D eigenvalue weighted by Crippen LogP contribution is -2.07. The van der Waals surface area contributed by atoms with E-state index in [9.17, 15) is 10.1 Å². The number of hydrogen-bond acceptors (Lipinski definition) is 3. The van der Waals surface area contributed by atoms with Crippen LogP contribution in [0, 0.1) is 10.1 Å². The van der Waals surface area contributed by atoms with E-state index in [1.807, 2.05) is 37.3 Å². The van der Waals surface area contributed by atoms with Crippen molar-refractivity contribution in [2.45, 2.75) is 13.0 Å². The van der Waals surface area contributed by atoms with E-state index in [4.69, 9.17) is 0 Å². The molecule has 1 N–H and O–H groups in total. The van der Waals surface area contributed by atoms with E-state index in [0.717, 1.165) is 15.7 Å². The van der Waals surface area contributed by atoms with E-state index in [0.29, 0.717) is 0 Å². The molecule has 1 atom stereocenters. The molecule has 0 saturated heterocycles. The fraction of sp³-hybridized carbons (Fsp3) is 0.143. The van der Waals surface area contributed by atoms with E-state index in [2.05, 4.69) is 21.2 Å². The first-order chi connectivity index (χ1) is 9.08. The van der Waals surface area contributed by atoms with Gasteiger partial charge in [0.15, 0.2) is 0 Å². The first-order valence-electron chi connectivity index (χ1n) is 5.83. The van der Waals surface area contributed by atoms with Crippen molar-refractivity contribution < 1.29 is 4.92 Å². The fourth-order valence-corrected chi connectivity index (χ4v) is 2.20. The number of non-ortho nitro benzene ring substituents is 1. The third-order valence-corrected chi connectivity index (χ3v) is 3.52. The van der Waals surface area contributed by atoms with E-state index in [1.54, 1.807) is 12.1 Å². The van der Waals surface area contributed by atoms with Crippen LogP contribution in [0.2, 0.25) is 0 Å². The van der Waals surface area contributed by atoms with Gasteiger partial charge in [0, 0.05) is 28.3 Å². The highest BCUT2D eigenvalue weighted by Gasteiger charge is 2.11. The van der Waals surface area contributed by atoms with Crippen LogP contribution in [0.25, 0.3) is 0 Å². The number of nitrogens with one attached hydrogen (secondary N) is 1. The molecule has 0 fully saturated rings. The zero-order chi connectivity index (χ0) is 13.8. The molecule has 0 bridgehead atoms. The van der Waals surface area contributed by atoms with Crippen LogP contribution in [0.15, 0.2) is 53.0 Å². The molecule has 0 radical (unpaired) electrons. The van der Waals surface area contributed by atoms with Crippen molar-refractivity contribution in [2.24, 2.45) is 0 Å². The molecule has 2 rings (SSSR count). The lowest BCUT2D eigenvalue weighted by Gasteiger charge is -2.16. The first kappa shape index (κ1) is 13.5. The molecule has 0 aliphatic carbocycles. The summed E-state index contributed by atoms with van der Waals surface area (Å²) in [6, 6.07) is 14.4. The van der Waals surface area contributed by atoms with Crippen molar-refractivity contribution in [2.75, 3.05) is 5.32 Å². The summed E-state index contributed by atoms with van der Waals surface area (Å²) < 4.78 is 0.965. The van der Waals surface area contributed by atoms with Gasteiger partial charge in [-0.2, -0.15) is 0 Å². The van der Waals surface area contributed by atoms with Gasteiger partial charge < -0.3 is 5.32 Å².